The van der Waals surface area contributed by atoms with Gasteiger partial charge in [0.2, 0.25) is 0 Å². The van der Waals surface area contributed by atoms with E-state index in [9.17, 15) is 9.59 Å². The molecule has 4 aromatic carbocycles. The average Bonchev–Trinajstić information content (AvgIpc) is 3.73. The predicted octanol–water partition coefficient (Wildman–Crippen LogP) is 8.07. The Hall–Kier alpha value is -6.36. The van der Waals surface area contributed by atoms with Crippen molar-refractivity contribution in [3.8, 4) is 17.1 Å². The number of carbonyl (C=O) groups excluding carboxylic acids is 2. The third-order valence-electron chi connectivity index (χ3n) is 9.85. The molecule has 0 N–H and O–H groups in total. The first-order valence-corrected chi connectivity index (χ1v) is 17.5. The van der Waals surface area contributed by atoms with Crippen molar-refractivity contribution in [2.75, 3.05) is 30.0 Å². The molecule has 6 aromatic rings. The van der Waals surface area contributed by atoms with Crippen LogP contribution in [0.4, 0.5) is 22.7 Å². The number of nitrogens with zero attached hydrogens (tertiary/aromatic N) is 8. The number of carbonyl (C=O) groups is 2. The molecule has 0 atom stereocenters. The van der Waals surface area contributed by atoms with Crippen LogP contribution in [0, 0.1) is 13.8 Å². The lowest BCUT2D eigenvalue weighted by atomic mass is 10.0. The first-order chi connectivity index (χ1) is 25.3. The normalized spacial score (nSPS) is 14.2. The molecule has 0 unspecified atom stereocenters. The van der Waals surface area contributed by atoms with Crippen molar-refractivity contribution < 1.29 is 14.3 Å². The molecule has 0 aliphatic carbocycles. The Morgan fingerprint density at radius 2 is 1.08 bits per heavy atom. The molecular weight excluding hydrogens is 653 g/mol. The van der Waals surface area contributed by atoms with Crippen LogP contribution in [0.1, 0.15) is 56.0 Å². The Labute approximate surface area is 301 Å². The summed E-state index contributed by atoms with van der Waals surface area (Å²) in [5.41, 5.74) is 10.8. The van der Waals surface area contributed by atoms with Crippen LogP contribution in [-0.2, 0) is 19.3 Å². The van der Waals surface area contributed by atoms with Crippen LogP contribution in [-0.4, -0.2) is 51.6 Å². The van der Waals surface area contributed by atoms with E-state index < -0.39 is 0 Å². The van der Waals surface area contributed by atoms with Gasteiger partial charge >= 0.3 is 0 Å². The monoisotopic (exact) mass is 690 g/mol. The highest BCUT2D eigenvalue weighted by Gasteiger charge is 2.34. The smallest absolute Gasteiger partial charge is 0.277 e. The van der Waals surface area contributed by atoms with Gasteiger partial charge in [0.05, 0.1) is 41.2 Å². The van der Waals surface area contributed by atoms with Gasteiger partial charge in [-0.05, 0) is 118 Å². The number of rotatable bonds is 8. The average molecular weight is 691 g/mol. The van der Waals surface area contributed by atoms with Crippen LogP contribution in [0.25, 0.3) is 11.4 Å². The van der Waals surface area contributed by atoms with E-state index in [4.69, 9.17) is 14.9 Å². The van der Waals surface area contributed by atoms with Gasteiger partial charge in [0.25, 0.3) is 11.8 Å². The largest absolute Gasteiger partial charge is 0.497 e. The summed E-state index contributed by atoms with van der Waals surface area (Å²) in [5.74, 6) is 0.585. The minimum Gasteiger partial charge on any atom is -0.497 e. The lowest BCUT2D eigenvalue weighted by molar-refractivity contribution is 0.0965. The first kappa shape index (κ1) is 32.8. The Bertz CT molecular complexity index is 2320. The molecule has 52 heavy (non-hydrogen) atoms. The minimum atomic E-state index is -0.0862. The lowest BCUT2D eigenvalue weighted by Gasteiger charge is -2.28. The fourth-order valence-electron chi connectivity index (χ4n) is 7.04. The van der Waals surface area contributed by atoms with E-state index >= 15 is 0 Å². The highest BCUT2D eigenvalue weighted by molar-refractivity contribution is 6.08. The fraction of sp³-hybridized carbons (Fsp3) is 0.220. The second-order valence-electron chi connectivity index (χ2n) is 13.0. The van der Waals surface area contributed by atoms with Gasteiger partial charge in [-0.2, -0.15) is 20.4 Å². The maximum atomic E-state index is 13.9. The van der Waals surface area contributed by atoms with Gasteiger partial charge in [0.1, 0.15) is 17.1 Å². The van der Waals surface area contributed by atoms with E-state index in [1.807, 2.05) is 111 Å². The molecule has 2 amide bonds. The van der Waals surface area contributed by atoms with Gasteiger partial charge in [-0.3, -0.25) is 9.59 Å². The zero-order chi connectivity index (χ0) is 35.9. The van der Waals surface area contributed by atoms with Crippen LogP contribution in [0.5, 0.6) is 5.75 Å². The van der Waals surface area contributed by atoms with Gasteiger partial charge in [0, 0.05) is 35.6 Å². The quantitative estimate of drug-likeness (QED) is 0.150. The van der Waals surface area contributed by atoms with Crippen molar-refractivity contribution in [2.24, 2.45) is 10.2 Å². The maximum Gasteiger partial charge on any atom is 0.277 e. The fourth-order valence-corrected chi connectivity index (χ4v) is 7.04. The molecule has 0 saturated carbocycles. The van der Waals surface area contributed by atoms with Crippen LogP contribution < -0.4 is 14.5 Å². The van der Waals surface area contributed by atoms with E-state index in [0.29, 0.717) is 35.9 Å². The van der Waals surface area contributed by atoms with E-state index in [1.165, 1.54) is 0 Å². The summed E-state index contributed by atoms with van der Waals surface area (Å²) < 4.78 is 8.84. The number of anilines is 2. The molecule has 11 heteroatoms. The Kier molecular flexibility index (Phi) is 8.46. The number of azo groups is 1. The number of aryl methyl sites for hydroxylation is 3. The van der Waals surface area contributed by atoms with E-state index in [-0.39, 0.29) is 11.8 Å². The molecule has 4 heterocycles. The van der Waals surface area contributed by atoms with Gasteiger partial charge in [0.15, 0.2) is 0 Å². The van der Waals surface area contributed by atoms with Crippen molar-refractivity contribution in [1.29, 1.82) is 0 Å². The number of methoxy groups -OCH3 is 1. The van der Waals surface area contributed by atoms with Crippen LogP contribution in [0.3, 0.4) is 0 Å². The van der Waals surface area contributed by atoms with Crippen molar-refractivity contribution in [3.63, 3.8) is 0 Å². The topological polar surface area (TPSA) is 110 Å². The van der Waals surface area contributed by atoms with Crippen molar-refractivity contribution in [2.45, 2.75) is 40.0 Å². The summed E-state index contributed by atoms with van der Waals surface area (Å²) in [4.78, 5) is 31.4. The lowest BCUT2D eigenvalue weighted by Crippen LogP contribution is -2.38. The molecular formula is C41H38N8O3. The summed E-state index contributed by atoms with van der Waals surface area (Å²) in [7, 11) is 1.63. The number of benzene rings is 4. The number of hydrogen-bond donors (Lipinski definition) is 0. The number of aromatic nitrogens is 4. The van der Waals surface area contributed by atoms with Gasteiger partial charge in [-0.25, -0.2) is 9.36 Å². The molecule has 2 aliphatic heterocycles. The molecule has 0 saturated heterocycles. The predicted molar refractivity (Wildman–Crippen MR) is 200 cm³/mol. The van der Waals surface area contributed by atoms with Crippen LogP contribution in [0.2, 0.25) is 0 Å². The van der Waals surface area contributed by atoms with Gasteiger partial charge in [-0.1, -0.05) is 24.6 Å². The summed E-state index contributed by atoms with van der Waals surface area (Å²) in [5, 5.41) is 18.4. The molecule has 0 radical (unpaired) electrons. The molecule has 2 aliphatic rings. The van der Waals surface area contributed by atoms with Crippen molar-refractivity contribution >= 4 is 34.6 Å². The zero-order valence-electron chi connectivity index (χ0n) is 29.6. The number of ether oxygens (including phenoxy) is 1. The first-order valence-electron chi connectivity index (χ1n) is 17.5. The SMILES string of the molecule is CCc1nn(-c2ccc(OC)cc2)c2c1CCN(c1ccc(N=Nc3ccc(N4CCc5c(C)nn(-c6ccc(C)cc6)c5C4=O)cc3)cc1)C2=O. The molecule has 0 bridgehead atoms. The Morgan fingerprint density at radius 3 is 1.60 bits per heavy atom. The van der Waals surface area contributed by atoms with E-state index in [2.05, 4.69) is 17.2 Å². The molecule has 0 spiro atoms. The van der Waals surface area contributed by atoms with E-state index in [0.717, 1.165) is 75.8 Å². The van der Waals surface area contributed by atoms with Crippen molar-refractivity contribution in [3.05, 3.63) is 137 Å². The van der Waals surface area contributed by atoms with Crippen LogP contribution >= 0.6 is 0 Å². The Balaban J connectivity index is 0.966. The third-order valence-corrected chi connectivity index (χ3v) is 9.85. The number of fused-ring (bicyclic) bond motifs is 2. The number of amides is 2. The van der Waals surface area contributed by atoms with E-state index in [1.54, 1.807) is 26.3 Å². The molecule has 8 rings (SSSR count). The molecule has 2 aromatic heterocycles. The minimum absolute atomic E-state index is 0.0729. The summed E-state index contributed by atoms with van der Waals surface area (Å²) >= 11 is 0. The number of hydrogen-bond acceptors (Lipinski definition) is 7. The highest BCUT2D eigenvalue weighted by atomic mass is 16.5. The van der Waals surface area contributed by atoms with Gasteiger partial charge < -0.3 is 14.5 Å². The standard InChI is InChI=1S/C41H38N8O3/c1-5-37-36-23-25-47(41(51)39(36)49(45-37)33-18-20-34(52-4)21-19-33)31-16-10-29(11-17-31)43-42-28-8-14-30(15-9-28)46-24-22-35-27(3)44-48(38(35)40(46)50)32-12-6-26(2)7-13-32/h6-21H,5,22-25H2,1-4H3. The maximum absolute atomic E-state index is 13.9. The summed E-state index contributed by atoms with van der Waals surface area (Å²) in [6.45, 7) is 7.20. The van der Waals surface area contributed by atoms with Crippen molar-refractivity contribution in [1.82, 2.24) is 19.6 Å². The van der Waals surface area contributed by atoms with Crippen LogP contribution in [0.15, 0.2) is 107 Å². The zero-order valence-corrected chi connectivity index (χ0v) is 29.6. The third kappa shape index (κ3) is 5.83. The van der Waals surface area contributed by atoms with Gasteiger partial charge in [-0.15, -0.1) is 0 Å². The Morgan fingerprint density at radius 1 is 0.615 bits per heavy atom. The molecule has 11 nitrogen and oxygen atoms in total. The molecule has 0 fully saturated rings. The second kappa shape index (κ2) is 13.4. The summed E-state index contributed by atoms with van der Waals surface area (Å²) in [6, 6.07) is 30.6. The second-order valence-corrected chi connectivity index (χ2v) is 13.0. The summed E-state index contributed by atoms with van der Waals surface area (Å²) in [6.07, 6.45) is 2.20. The molecule has 260 valence electrons. The highest BCUT2D eigenvalue weighted by Crippen LogP contribution is 2.32.